The molecule has 0 saturated heterocycles. The molecule has 0 spiro atoms. The summed E-state index contributed by atoms with van der Waals surface area (Å²) >= 11 is 12.4. The maximum atomic E-state index is 12.1. The van der Waals surface area contributed by atoms with Gasteiger partial charge in [0.2, 0.25) is 5.91 Å². The van der Waals surface area contributed by atoms with Gasteiger partial charge in [-0.15, -0.1) is 23.2 Å². The molecule has 0 radical (unpaired) electrons. The Labute approximate surface area is 163 Å². The van der Waals surface area contributed by atoms with Crippen LogP contribution in [0.1, 0.15) is 44.9 Å². The standard InChI is InChI=1S/C17H27Cl2N3O4/c18-12-4-10(5-13(19)7-12)8-21-17(26)22-14-3-1-2-11(6-14)16(25)20-9-15(23)24/h10-14H,1-9H2,(H,20,25)(H,23,24)(H2,21,22,26). The van der Waals surface area contributed by atoms with Crippen LogP contribution in [0.3, 0.4) is 0 Å². The molecule has 0 bridgehead atoms. The van der Waals surface area contributed by atoms with Crippen LogP contribution in [0.25, 0.3) is 0 Å². The van der Waals surface area contributed by atoms with Gasteiger partial charge >= 0.3 is 12.0 Å². The lowest BCUT2D eigenvalue weighted by molar-refractivity contribution is -0.138. The highest BCUT2D eigenvalue weighted by molar-refractivity contribution is 6.23. The third-order valence-electron chi connectivity index (χ3n) is 5.04. The number of carbonyl (C=O) groups excluding carboxylic acids is 2. The quantitative estimate of drug-likeness (QED) is 0.505. The number of alkyl halides is 2. The minimum absolute atomic E-state index is 0.0597. The van der Waals surface area contributed by atoms with E-state index in [0.29, 0.717) is 19.4 Å². The van der Waals surface area contributed by atoms with E-state index in [0.717, 1.165) is 32.1 Å². The van der Waals surface area contributed by atoms with E-state index in [-0.39, 0.29) is 47.1 Å². The van der Waals surface area contributed by atoms with Crippen molar-refractivity contribution in [3.05, 3.63) is 0 Å². The van der Waals surface area contributed by atoms with Gasteiger partial charge in [0.25, 0.3) is 0 Å². The maximum Gasteiger partial charge on any atom is 0.322 e. The van der Waals surface area contributed by atoms with Crippen molar-refractivity contribution in [3.63, 3.8) is 0 Å². The topological polar surface area (TPSA) is 108 Å². The Morgan fingerprint density at radius 1 is 0.962 bits per heavy atom. The van der Waals surface area contributed by atoms with Crippen molar-refractivity contribution in [2.75, 3.05) is 13.1 Å². The fraction of sp³-hybridized carbons (Fsp3) is 0.824. The molecule has 7 nitrogen and oxygen atoms in total. The molecule has 4 atom stereocenters. The van der Waals surface area contributed by atoms with Crippen molar-refractivity contribution in [1.29, 1.82) is 0 Å². The first-order chi connectivity index (χ1) is 12.3. The molecule has 4 unspecified atom stereocenters. The molecule has 9 heteroatoms. The van der Waals surface area contributed by atoms with Gasteiger partial charge < -0.3 is 21.1 Å². The fourth-order valence-corrected chi connectivity index (χ4v) is 4.82. The van der Waals surface area contributed by atoms with Crippen molar-refractivity contribution < 1.29 is 19.5 Å². The number of hydrogen-bond acceptors (Lipinski definition) is 3. The SMILES string of the molecule is O=C(O)CNC(=O)C1CCCC(NC(=O)NCC2CC(Cl)CC(Cl)C2)C1. The van der Waals surface area contributed by atoms with Gasteiger partial charge in [0.05, 0.1) is 0 Å². The number of rotatable bonds is 6. The predicted octanol–water partition coefficient (Wildman–Crippen LogP) is 2.06. The molecule has 3 amide bonds. The number of amides is 3. The number of carbonyl (C=O) groups is 3. The molecule has 2 saturated carbocycles. The summed E-state index contributed by atoms with van der Waals surface area (Å²) in [6.07, 6.45) is 5.37. The minimum Gasteiger partial charge on any atom is -0.480 e. The summed E-state index contributed by atoms with van der Waals surface area (Å²) in [5.41, 5.74) is 0. The van der Waals surface area contributed by atoms with Crippen LogP contribution >= 0.6 is 23.2 Å². The van der Waals surface area contributed by atoms with Crippen LogP contribution < -0.4 is 16.0 Å². The van der Waals surface area contributed by atoms with Crippen LogP contribution in [0.5, 0.6) is 0 Å². The fourth-order valence-electron chi connectivity index (χ4n) is 3.80. The van der Waals surface area contributed by atoms with E-state index >= 15 is 0 Å². The number of nitrogens with one attached hydrogen (secondary N) is 3. The van der Waals surface area contributed by atoms with Crippen LogP contribution in [-0.2, 0) is 9.59 Å². The largest absolute Gasteiger partial charge is 0.480 e. The molecule has 148 valence electrons. The van der Waals surface area contributed by atoms with Gasteiger partial charge in [-0.1, -0.05) is 6.42 Å². The van der Waals surface area contributed by atoms with E-state index in [1.807, 2.05) is 0 Å². The lowest BCUT2D eigenvalue weighted by Crippen LogP contribution is -2.47. The molecule has 4 N–H and O–H groups in total. The molecule has 0 aromatic heterocycles. The van der Waals surface area contributed by atoms with E-state index in [1.54, 1.807) is 0 Å². The Kier molecular flexibility index (Phi) is 8.28. The normalized spacial score (nSPS) is 31.7. The van der Waals surface area contributed by atoms with Gasteiger partial charge in [-0.3, -0.25) is 9.59 Å². The number of carboxylic acids is 1. The molecule has 0 aromatic rings. The summed E-state index contributed by atoms with van der Waals surface area (Å²) in [7, 11) is 0. The lowest BCUT2D eigenvalue weighted by atomic mass is 9.85. The number of aliphatic carboxylic acids is 1. The Morgan fingerprint density at radius 2 is 1.65 bits per heavy atom. The number of urea groups is 1. The minimum atomic E-state index is -1.07. The van der Waals surface area contributed by atoms with Crippen molar-refractivity contribution in [3.8, 4) is 0 Å². The Morgan fingerprint density at radius 3 is 2.31 bits per heavy atom. The smallest absolute Gasteiger partial charge is 0.322 e. The summed E-state index contributed by atoms with van der Waals surface area (Å²) in [5.74, 6) is -1.31. The third kappa shape index (κ3) is 7.19. The van der Waals surface area contributed by atoms with Crippen molar-refractivity contribution in [1.82, 2.24) is 16.0 Å². The second kappa shape index (κ2) is 10.2. The van der Waals surface area contributed by atoms with Gasteiger partial charge in [0.1, 0.15) is 6.54 Å². The zero-order valence-corrected chi connectivity index (χ0v) is 16.2. The Hall–Kier alpha value is -1.21. The van der Waals surface area contributed by atoms with E-state index in [9.17, 15) is 14.4 Å². The first-order valence-electron chi connectivity index (χ1n) is 9.15. The number of hydrogen-bond donors (Lipinski definition) is 4. The van der Waals surface area contributed by atoms with Gasteiger partial charge in [0.15, 0.2) is 0 Å². The summed E-state index contributed by atoms with van der Waals surface area (Å²) in [5, 5.41) is 17.0. The van der Waals surface area contributed by atoms with E-state index in [2.05, 4.69) is 16.0 Å². The maximum absolute atomic E-state index is 12.1. The highest BCUT2D eigenvalue weighted by Crippen LogP contribution is 2.31. The van der Waals surface area contributed by atoms with Crippen LogP contribution in [0.4, 0.5) is 4.79 Å². The highest BCUT2D eigenvalue weighted by atomic mass is 35.5. The third-order valence-corrected chi connectivity index (χ3v) is 5.75. The van der Waals surface area contributed by atoms with Gasteiger partial charge in [-0.05, 0) is 44.4 Å². The summed E-state index contributed by atoms with van der Waals surface area (Å²) in [6.45, 7) is 0.159. The molecule has 0 aromatic carbocycles. The Balaban J connectivity index is 1.71. The molecule has 26 heavy (non-hydrogen) atoms. The second-order valence-corrected chi connectivity index (χ2v) is 8.53. The molecule has 0 aliphatic heterocycles. The average molecular weight is 408 g/mol. The molecule has 2 rings (SSSR count). The van der Waals surface area contributed by atoms with Crippen LogP contribution in [-0.4, -0.2) is 52.9 Å². The Bertz CT molecular complexity index is 510. The van der Waals surface area contributed by atoms with Crippen LogP contribution in [0.2, 0.25) is 0 Å². The number of carboxylic acid groups (broad SMARTS) is 1. The van der Waals surface area contributed by atoms with Crippen molar-refractivity contribution in [2.24, 2.45) is 11.8 Å². The first kappa shape index (κ1) is 21.1. The van der Waals surface area contributed by atoms with E-state index < -0.39 is 5.97 Å². The molecule has 2 aliphatic carbocycles. The molecule has 2 aliphatic rings. The van der Waals surface area contributed by atoms with Gasteiger partial charge in [-0.2, -0.15) is 0 Å². The van der Waals surface area contributed by atoms with Crippen molar-refractivity contribution in [2.45, 2.75) is 61.7 Å². The van der Waals surface area contributed by atoms with E-state index in [4.69, 9.17) is 28.3 Å². The average Bonchev–Trinajstić information content (AvgIpc) is 2.57. The lowest BCUT2D eigenvalue weighted by Gasteiger charge is -2.31. The first-order valence-corrected chi connectivity index (χ1v) is 10.0. The van der Waals surface area contributed by atoms with Gasteiger partial charge in [-0.25, -0.2) is 4.79 Å². The van der Waals surface area contributed by atoms with Crippen LogP contribution in [0.15, 0.2) is 0 Å². The summed E-state index contributed by atoms with van der Waals surface area (Å²) in [6, 6.07) is -0.332. The molecule has 0 heterocycles. The zero-order valence-electron chi connectivity index (χ0n) is 14.7. The molecular weight excluding hydrogens is 381 g/mol. The second-order valence-electron chi connectivity index (χ2n) is 7.29. The summed E-state index contributed by atoms with van der Waals surface area (Å²) < 4.78 is 0. The van der Waals surface area contributed by atoms with Gasteiger partial charge in [0, 0.05) is 29.3 Å². The molecular formula is C17H27Cl2N3O4. The monoisotopic (exact) mass is 407 g/mol. The number of halogens is 2. The molecule has 2 fully saturated rings. The predicted molar refractivity (Wildman–Crippen MR) is 99.5 cm³/mol. The van der Waals surface area contributed by atoms with Crippen molar-refractivity contribution >= 4 is 41.1 Å². The van der Waals surface area contributed by atoms with E-state index in [1.165, 1.54) is 0 Å². The van der Waals surface area contributed by atoms with Crippen LogP contribution in [0, 0.1) is 11.8 Å². The zero-order chi connectivity index (χ0) is 19.1. The highest BCUT2D eigenvalue weighted by Gasteiger charge is 2.29. The summed E-state index contributed by atoms with van der Waals surface area (Å²) in [4.78, 5) is 34.7.